The van der Waals surface area contributed by atoms with Crippen LogP contribution < -0.4 is 10.6 Å². The van der Waals surface area contributed by atoms with Crippen molar-refractivity contribution in [1.29, 1.82) is 0 Å². The van der Waals surface area contributed by atoms with Crippen LogP contribution in [0.5, 0.6) is 0 Å². The largest absolute Gasteiger partial charge is 0.323 e. The maximum atomic E-state index is 12.2. The molecule has 0 heterocycles. The normalized spacial score (nSPS) is 10.5. The van der Waals surface area contributed by atoms with Crippen LogP contribution in [0.15, 0.2) is 42.5 Å². The molecule has 110 valence electrons. The molecular formula is C18H22N2O. The Morgan fingerprint density at radius 1 is 0.905 bits per heavy atom. The van der Waals surface area contributed by atoms with Crippen molar-refractivity contribution in [2.45, 2.75) is 33.6 Å². The molecule has 2 rings (SSSR count). The minimum Gasteiger partial charge on any atom is -0.307 e. The molecule has 0 bridgehead atoms. The van der Waals surface area contributed by atoms with E-state index in [0.29, 0.717) is 5.92 Å². The third-order valence-electron chi connectivity index (χ3n) is 3.68. The maximum absolute atomic E-state index is 12.2. The molecule has 21 heavy (non-hydrogen) atoms. The number of hydrogen-bond donors (Lipinski definition) is 2. The topological polar surface area (TPSA) is 41.1 Å². The van der Waals surface area contributed by atoms with Gasteiger partial charge in [-0.15, -0.1) is 0 Å². The Kier molecular flexibility index (Phi) is 4.63. The van der Waals surface area contributed by atoms with Crippen LogP contribution in [-0.4, -0.2) is 6.03 Å². The van der Waals surface area contributed by atoms with Crippen molar-refractivity contribution >= 4 is 17.4 Å². The lowest BCUT2D eigenvalue weighted by Crippen LogP contribution is -2.21. The Morgan fingerprint density at radius 2 is 1.52 bits per heavy atom. The summed E-state index contributed by atoms with van der Waals surface area (Å²) in [4.78, 5) is 12.2. The van der Waals surface area contributed by atoms with Gasteiger partial charge in [-0.05, 0) is 48.6 Å². The first-order valence-corrected chi connectivity index (χ1v) is 7.22. The number of hydrogen-bond acceptors (Lipinski definition) is 1. The predicted octanol–water partition coefficient (Wildman–Crippen LogP) is 5.07. The molecule has 0 aliphatic rings. The molecule has 2 N–H and O–H groups in total. The summed E-state index contributed by atoms with van der Waals surface area (Å²) in [7, 11) is 0. The van der Waals surface area contributed by atoms with Crippen molar-refractivity contribution in [3.8, 4) is 0 Å². The van der Waals surface area contributed by atoms with Crippen molar-refractivity contribution in [2.24, 2.45) is 0 Å². The summed E-state index contributed by atoms with van der Waals surface area (Å²) in [6.07, 6.45) is 0. The summed E-state index contributed by atoms with van der Waals surface area (Å²) < 4.78 is 0. The van der Waals surface area contributed by atoms with Crippen molar-refractivity contribution in [2.75, 3.05) is 10.6 Å². The highest BCUT2D eigenvalue weighted by Crippen LogP contribution is 2.24. The fourth-order valence-corrected chi connectivity index (χ4v) is 2.28. The fraction of sp³-hybridized carbons (Fsp3) is 0.278. The number of para-hydroxylation sites is 1. The molecule has 3 heteroatoms. The number of urea groups is 1. The number of carbonyl (C=O) groups is 1. The molecule has 0 spiro atoms. The molecule has 2 aromatic rings. The number of carbonyl (C=O) groups excluding carboxylic acids is 1. The van der Waals surface area contributed by atoms with E-state index in [1.165, 1.54) is 0 Å². The first-order chi connectivity index (χ1) is 9.99. The van der Waals surface area contributed by atoms with Gasteiger partial charge in [0.05, 0.1) is 0 Å². The molecule has 0 aliphatic carbocycles. The zero-order valence-corrected chi connectivity index (χ0v) is 13.0. The van der Waals surface area contributed by atoms with Gasteiger partial charge in [-0.25, -0.2) is 4.79 Å². The monoisotopic (exact) mass is 282 g/mol. The average molecular weight is 282 g/mol. The molecule has 0 aromatic heterocycles. The summed E-state index contributed by atoms with van der Waals surface area (Å²) in [6.45, 7) is 8.27. The predicted molar refractivity (Wildman–Crippen MR) is 89.1 cm³/mol. The smallest absolute Gasteiger partial charge is 0.307 e. The summed E-state index contributed by atoms with van der Waals surface area (Å²) >= 11 is 0. The number of benzene rings is 2. The van der Waals surface area contributed by atoms with Crippen LogP contribution in [-0.2, 0) is 0 Å². The molecule has 0 radical (unpaired) electrons. The van der Waals surface area contributed by atoms with Crippen molar-refractivity contribution < 1.29 is 4.79 Å². The van der Waals surface area contributed by atoms with Crippen LogP contribution in [0, 0.1) is 13.8 Å². The van der Waals surface area contributed by atoms with Gasteiger partial charge < -0.3 is 10.6 Å². The van der Waals surface area contributed by atoms with Crippen molar-refractivity contribution in [1.82, 2.24) is 0 Å². The molecule has 0 aliphatic heterocycles. The third kappa shape index (κ3) is 3.63. The minimum absolute atomic E-state index is 0.211. The Balaban J connectivity index is 2.14. The zero-order valence-electron chi connectivity index (χ0n) is 13.0. The van der Waals surface area contributed by atoms with E-state index in [1.54, 1.807) is 0 Å². The standard InChI is InChI=1S/C18H22N2O/c1-12(2)15-9-5-6-10-17(15)20-18(21)19-16-11-7-8-13(3)14(16)4/h5-12H,1-4H3,(H2,19,20,21). The van der Waals surface area contributed by atoms with Gasteiger partial charge in [-0.1, -0.05) is 44.2 Å². The van der Waals surface area contributed by atoms with Gasteiger partial charge in [0.15, 0.2) is 0 Å². The number of amides is 2. The number of aryl methyl sites for hydroxylation is 1. The van der Waals surface area contributed by atoms with Gasteiger partial charge in [-0.3, -0.25) is 0 Å². The second-order valence-corrected chi connectivity index (χ2v) is 5.57. The lowest BCUT2D eigenvalue weighted by Gasteiger charge is -2.15. The fourth-order valence-electron chi connectivity index (χ4n) is 2.28. The number of nitrogens with one attached hydrogen (secondary N) is 2. The number of anilines is 2. The number of rotatable bonds is 3. The van der Waals surface area contributed by atoms with E-state index in [0.717, 1.165) is 28.1 Å². The first kappa shape index (κ1) is 15.1. The Hall–Kier alpha value is -2.29. The van der Waals surface area contributed by atoms with E-state index in [4.69, 9.17) is 0 Å². The van der Waals surface area contributed by atoms with E-state index in [2.05, 4.69) is 24.5 Å². The lowest BCUT2D eigenvalue weighted by atomic mass is 10.0. The SMILES string of the molecule is Cc1cccc(NC(=O)Nc2ccccc2C(C)C)c1C. The van der Waals surface area contributed by atoms with Crippen LogP contribution in [0.4, 0.5) is 16.2 Å². The first-order valence-electron chi connectivity index (χ1n) is 7.22. The molecule has 0 saturated heterocycles. The summed E-state index contributed by atoms with van der Waals surface area (Å²) in [5.41, 5.74) is 5.08. The second kappa shape index (κ2) is 6.44. The van der Waals surface area contributed by atoms with E-state index in [1.807, 2.05) is 56.3 Å². The van der Waals surface area contributed by atoms with Gasteiger partial charge in [0.2, 0.25) is 0 Å². The third-order valence-corrected chi connectivity index (χ3v) is 3.68. The van der Waals surface area contributed by atoms with Crippen LogP contribution >= 0.6 is 0 Å². The highest BCUT2D eigenvalue weighted by molar-refractivity contribution is 6.00. The molecule has 0 fully saturated rings. The van der Waals surface area contributed by atoms with Gasteiger partial charge in [0.1, 0.15) is 0 Å². The summed E-state index contributed by atoms with van der Waals surface area (Å²) in [5.74, 6) is 0.363. The van der Waals surface area contributed by atoms with Crippen LogP contribution in [0.3, 0.4) is 0 Å². The highest BCUT2D eigenvalue weighted by Gasteiger charge is 2.10. The zero-order chi connectivity index (χ0) is 15.4. The van der Waals surface area contributed by atoms with Gasteiger partial charge >= 0.3 is 6.03 Å². The summed E-state index contributed by atoms with van der Waals surface area (Å²) in [6, 6.07) is 13.6. The summed E-state index contributed by atoms with van der Waals surface area (Å²) in [5, 5.41) is 5.85. The molecule has 0 unspecified atom stereocenters. The minimum atomic E-state index is -0.211. The molecule has 0 atom stereocenters. The molecular weight excluding hydrogens is 260 g/mol. The molecule has 2 amide bonds. The van der Waals surface area contributed by atoms with Crippen LogP contribution in [0.1, 0.15) is 36.5 Å². The lowest BCUT2D eigenvalue weighted by molar-refractivity contribution is 0.262. The molecule has 2 aromatic carbocycles. The van der Waals surface area contributed by atoms with Gasteiger partial charge in [0.25, 0.3) is 0 Å². The highest BCUT2D eigenvalue weighted by atomic mass is 16.2. The van der Waals surface area contributed by atoms with Crippen molar-refractivity contribution in [3.05, 3.63) is 59.2 Å². The van der Waals surface area contributed by atoms with E-state index in [-0.39, 0.29) is 6.03 Å². The van der Waals surface area contributed by atoms with E-state index in [9.17, 15) is 4.79 Å². The van der Waals surface area contributed by atoms with E-state index >= 15 is 0 Å². The average Bonchev–Trinajstić information content (AvgIpc) is 2.44. The van der Waals surface area contributed by atoms with Gasteiger partial charge in [0, 0.05) is 11.4 Å². The van der Waals surface area contributed by atoms with Crippen LogP contribution in [0.2, 0.25) is 0 Å². The van der Waals surface area contributed by atoms with Crippen LogP contribution in [0.25, 0.3) is 0 Å². The van der Waals surface area contributed by atoms with Gasteiger partial charge in [-0.2, -0.15) is 0 Å². The molecule has 0 saturated carbocycles. The van der Waals surface area contributed by atoms with Crippen molar-refractivity contribution in [3.63, 3.8) is 0 Å². The Labute approximate surface area is 126 Å². The Bertz CT molecular complexity index is 647. The quantitative estimate of drug-likeness (QED) is 0.810. The second-order valence-electron chi connectivity index (χ2n) is 5.57. The maximum Gasteiger partial charge on any atom is 0.323 e. The Morgan fingerprint density at radius 3 is 2.24 bits per heavy atom. The molecule has 3 nitrogen and oxygen atoms in total. The van der Waals surface area contributed by atoms with E-state index < -0.39 is 0 Å².